The topological polar surface area (TPSA) is 26.8 Å². The van der Waals surface area contributed by atoms with Crippen LogP contribution in [0.2, 0.25) is 0 Å². The van der Waals surface area contributed by atoms with Gasteiger partial charge >= 0.3 is 0 Å². The van der Waals surface area contributed by atoms with Gasteiger partial charge in [-0.15, -0.1) is 11.3 Å². The van der Waals surface area contributed by atoms with Crippen molar-refractivity contribution in [3.8, 4) is 0 Å². The molecule has 162 valence electrons. The number of likely N-dealkylation sites (tertiary alicyclic amines) is 1. The third-order valence-electron chi connectivity index (χ3n) is 6.52. The van der Waals surface area contributed by atoms with Crippen molar-refractivity contribution >= 4 is 17.2 Å². The molecule has 2 aliphatic rings. The monoisotopic (exact) mass is 425 g/mol. The Kier molecular flexibility index (Phi) is 7.58. The van der Waals surface area contributed by atoms with E-state index in [0.29, 0.717) is 11.8 Å². The molecule has 1 aromatic heterocycles. The number of hydrogen-bond acceptors (Lipinski definition) is 4. The first-order valence-corrected chi connectivity index (χ1v) is 12.3. The average molecular weight is 426 g/mol. The van der Waals surface area contributed by atoms with Crippen molar-refractivity contribution in [1.82, 2.24) is 14.7 Å². The maximum absolute atomic E-state index is 12.8. The molecule has 0 bridgehead atoms. The van der Waals surface area contributed by atoms with Gasteiger partial charge in [0.1, 0.15) is 0 Å². The van der Waals surface area contributed by atoms with Crippen LogP contribution in [0.25, 0.3) is 0 Å². The Morgan fingerprint density at radius 3 is 2.50 bits per heavy atom. The van der Waals surface area contributed by atoms with Crippen molar-refractivity contribution in [2.45, 2.75) is 45.7 Å². The number of carbonyl (C=O) groups excluding carboxylic acids is 1. The molecule has 1 aromatic carbocycles. The summed E-state index contributed by atoms with van der Waals surface area (Å²) in [6.45, 7) is 10.3. The summed E-state index contributed by atoms with van der Waals surface area (Å²) in [5, 5.41) is 0. The molecule has 0 N–H and O–H groups in total. The predicted octanol–water partition coefficient (Wildman–Crippen LogP) is 4.39. The summed E-state index contributed by atoms with van der Waals surface area (Å²) in [4.78, 5) is 22.8. The number of piperidine rings is 1. The second kappa shape index (κ2) is 10.6. The highest BCUT2D eigenvalue weighted by Gasteiger charge is 2.24. The number of carbonyl (C=O) groups is 1. The van der Waals surface area contributed by atoms with Crippen molar-refractivity contribution in [1.29, 1.82) is 0 Å². The third-order valence-corrected chi connectivity index (χ3v) is 7.50. The molecule has 0 unspecified atom stereocenters. The summed E-state index contributed by atoms with van der Waals surface area (Å²) in [5.74, 6) is 1.03. The van der Waals surface area contributed by atoms with Crippen LogP contribution in [-0.2, 0) is 17.9 Å². The van der Waals surface area contributed by atoms with Gasteiger partial charge in [-0.25, -0.2) is 0 Å². The molecule has 0 radical (unpaired) electrons. The zero-order valence-corrected chi connectivity index (χ0v) is 19.1. The van der Waals surface area contributed by atoms with E-state index in [9.17, 15) is 4.79 Å². The van der Waals surface area contributed by atoms with Crippen LogP contribution < -0.4 is 0 Å². The minimum absolute atomic E-state index is 0.361. The molecule has 5 heteroatoms. The van der Waals surface area contributed by atoms with E-state index in [1.807, 2.05) is 11.3 Å². The summed E-state index contributed by atoms with van der Waals surface area (Å²) in [5.41, 5.74) is 1.36. The van der Waals surface area contributed by atoms with Crippen LogP contribution in [0.4, 0.5) is 0 Å². The standard InChI is InChI=1S/C25H35N3OS/c1-21-9-11-24(30-21)20-27-13-5-8-23(19-27)10-12-25(29)28-16-14-26(15-17-28)18-22-6-3-2-4-7-22/h2-4,6-7,9,11,23H,5,8,10,12-20H2,1H3/t23-/m0/s1. The van der Waals surface area contributed by atoms with Crippen molar-refractivity contribution in [3.05, 3.63) is 57.8 Å². The number of benzene rings is 1. The van der Waals surface area contributed by atoms with Gasteiger partial charge in [-0.3, -0.25) is 14.6 Å². The van der Waals surface area contributed by atoms with Gasteiger partial charge in [-0.05, 0) is 56.3 Å². The van der Waals surface area contributed by atoms with E-state index in [2.05, 4.69) is 64.1 Å². The minimum atomic E-state index is 0.361. The van der Waals surface area contributed by atoms with Crippen LogP contribution in [-0.4, -0.2) is 59.9 Å². The second-order valence-corrected chi connectivity index (χ2v) is 10.3. The molecule has 4 rings (SSSR count). The third kappa shape index (κ3) is 6.16. The second-order valence-electron chi connectivity index (χ2n) is 8.94. The first kappa shape index (κ1) is 21.5. The molecule has 1 amide bonds. The lowest BCUT2D eigenvalue weighted by Gasteiger charge is -2.36. The number of aryl methyl sites for hydroxylation is 1. The Morgan fingerprint density at radius 1 is 0.967 bits per heavy atom. The number of hydrogen-bond donors (Lipinski definition) is 0. The molecular weight excluding hydrogens is 390 g/mol. The van der Waals surface area contributed by atoms with Crippen LogP contribution in [0.15, 0.2) is 42.5 Å². The Morgan fingerprint density at radius 2 is 1.77 bits per heavy atom. The quantitative estimate of drug-likeness (QED) is 0.658. The van der Waals surface area contributed by atoms with Crippen LogP contribution in [0.1, 0.15) is 41.0 Å². The molecule has 30 heavy (non-hydrogen) atoms. The molecule has 2 saturated heterocycles. The van der Waals surface area contributed by atoms with Gasteiger partial charge in [0, 0.05) is 62.0 Å². The molecule has 2 aromatic rings. The van der Waals surface area contributed by atoms with Crippen LogP contribution in [0.3, 0.4) is 0 Å². The summed E-state index contributed by atoms with van der Waals surface area (Å²) >= 11 is 1.91. The van der Waals surface area contributed by atoms with Gasteiger partial charge in [0.05, 0.1) is 0 Å². The number of rotatable bonds is 7. The summed E-state index contributed by atoms with van der Waals surface area (Å²) in [6.07, 6.45) is 4.30. The highest BCUT2D eigenvalue weighted by Crippen LogP contribution is 2.25. The van der Waals surface area contributed by atoms with Crippen molar-refractivity contribution in [3.63, 3.8) is 0 Å². The first-order chi connectivity index (χ1) is 14.7. The molecule has 4 nitrogen and oxygen atoms in total. The largest absolute Gasteiger partial charge is 0.340 e. The number of piperazine rings is 1. The van der Waals surface area contributed by atoms with Gasteiger partial charge in [0.15, 0.2) is 0 Å². The Labute approximate surface area is 185 Å². The Hall–Kier alpha value is -1.69. The maximum Gasteiger partial charge on any atom is 0.222 e. The van der Waals surface area contributed by atoms with E-state index >= 15 is 0 Å². The smallest absolute Gasteiger partial charge is 0.222 e. The fraction of sp³-hybridized carbons (Fsp3) is 0.560. The van der Waals surface area contributed by atoms with Gasteiger partial charge in [-0.1, -0.05) is 30.3 Å². The van der Waals surface area contributed by atoms with E-state index in [1.54, 1.807) is 0 Å². The molecule has 2 fully saturated rings. The highest BCUT2D eigenvalue weighted by atomic mass is 32.1. The Bertz CT molecular complexity index is 798. The van der Waals surface area contributed by atoms with Gasteiger partial charge < -0.3 is 4.90 Å². The molecule has 0 saturated carbocycles. The van der Waals surface area contributed by atoms with E-state index in [0.717, 1.165) is 58.7 Å². The lowest BCUT2D eigenvalue weighted by atomic mass is 9.93. The van der Waals surface area contributed by atoms with E-state index in [-0.39, 0.29) is 0 Å². The maximum atomic E-state index is 12.8. The van der Waals surface area contributed by atoms with Gasteiger partial charge in [0.2, 0.25) is 5.91 Å². The van der Waals surface area contributed by atoms with Crippen molar-refractivity contribution in [2.24, 2.45) is 5.92 Å². The zero-order valence-electron chi connectivity index (χ0n) is 18.3. The van der Waals surface area contributed by atoms with Crippen molar-refractivity contribution < 1.29 is 4.79 Å². The SMILES string of the molecule is Cc1ccc(CN2CCC[C@@H](CCC(=O)N3CCN(Cc4ccccc4)CC3)C2)s1. The number of thiophene rings is 1. The fourth-order valence-corrected chi connectivity index (χ4v) is 5.74. The summed E-state index contributed by atoms with van der Waals surface area (Å²) in [7, 11) is 0. The molecule has 0 aliphatic carbocycles. The molecule has 1 atom stereocenters. The number of amides is 1. The molecule has 0 spiro atoms. The van der Waals surface area contributed by atoms with E-state index in [1.165, 1.54) is 34.7 Å². The van der Waals surface area contributed by atoms with E-state index < -0.39 is 0 Å². The molecular formula is C25H35N3OS. The normalized spacial score (nSPS) is 21.1. The minimum Gasteiger partial charge on any atom is -0.340 e. The van der Waals surface area contributed by atoms with Gasteiger partial charge in [-0.2, -0.15) is 0 Å². The van der Waals surface area contributed by atoms with Crippen molar-refractivity contribution in [2.75, 3.05) is 39.3 Å². The van der Waals surface area contributed by atoms with Crippen LogP contribution in [0.5, 0.6) is 0 Å². The van der Waals surface area contributed by atoms with Gasteiger partial charge in [0.25, 0.3) is 0 Å². The summed E-state index contributed by atoms with van der Waals surface area (Å²) < 4.78 is 0. The lowest BCUT2D eigenvalue weighted by molar-refractivity contribution is -0.133. The number of nitrogens with zero attached hydrogens (tertiary/aromatic N) is 3. The lowest BCUT2D eigenvalue weighted by Crippen LogP contribution is -2.48. The highest BCUT2D eigenvalue weighted by molar-refractivity contribution is 7.11. The van der Waals surface area contributed by atoms with Crippen LogP contribution in [0, 0.1) is 12.8 Å². The zero-order chi connectivity index (χ0) is 20.8. The predicted molar refractivity (Wildman–Crippen MR) is 125 cm³/mol. The first-order valence-electron chi connectivity index (χ1n) is 11.5. The molecule has 3 heterocycles. The van der Waals surface area contributed by atoms with Crippen LogP contribution >= 0.6 is 11.3 Å². The van der Waals surface area contributed by atoms with E-state index in [4.69, 9.17) is 0 Å². The fourth-order valence-electron chi connectivity index (χ4n) is 4.80. The summed E-state index contributed by atoms with van der Waals surface area (Å²) in [6, 6.07) is 15.1. The average Bonchev–Trinajstić information content (AvgIpc) is 3.18. The molecule has 2 aliphatic heterocycles. The Balaban J connectivity index is 1.16.